The first-order valence-electron chi connectivity index (χ1n) is 17.3. The van der Waals surface area contributed by atoms with Gasteiger partial charge in [-0.25, -0.2) is 0 Å². The van der Waals surface area contributed by atoms with Crippen molar-refractivity contribution in [1.29, 1.82) is 0 Å². The predicted octanol–water partition coefficient (Wildman–Crippen LogP) is 14.0. The molecule has 0 N–H and O–H groups in total. The average Bonchev–Trinajstić information content (AvgIpc) is 3.71. The molecule has 0 saturated heterocycles. The second-order valence-electron chi connectivity index (χ2n) is 13.9. The monoisotopic (exact) mass is 756 g/mol. The van der Waals surface area contributed by atoms with Crippen molar-refractivity contribution >= 4 is 56.2 Å². The van der Waals surface area contributed by atoms with Crippen LogP contribution in [0.1, 0.15) is 56.2 Å². The molecule has 8 rings (SSSR count). The topological polar surface area (TPSA) is 0 Å². The number of hydrogen-bond donors (Lipinski definition) is 0. The number of allylic oxidation sites excluding steroid dienone is 2. The summed E-state index contributed by atoms with van der Waals surface area (Å²) in [5, 5.41) is 5.05. The molecule has 2 atom stereocenters. The van der Waals surface area contributed by atoms with Gasteiger partial charge >= 0.3 is 295 Å². The van der Waals surface area contributed by atoms with Crippen LogP contribution in [-0.4, -0.2) is 5.43 Å². The van der Waals surface area contributed by atoms with E-state index in [2.05, 4.69) is 160 Å². The third-order valence-electron chi connectivity index (χ3n) is 11.3. The Morgan fingerprint density at radius 3 is 1.33 bits per heavy atom. The van der Waals surface area contributed by atoms with Crippen molar-refractivity contribution in [1.82, 2.24) is 0 Å². The zero-order valence-electron chi connectivity index (χ0n) is 28.0. The molecule has 48 heavy (non-hydrogen) atoms. The third kappa shape index (κ3) is 4.85. The fourth-order valence-corrected chi connectivity index (χ4v) is 38.2. The summed E-state index contributed by atoms with van der Waals surface area (Å²) in [5.41, 5.74) is 12.0. The van der Waals surface area contributed by atoms with Gasteiger partial charge in [-0.15, -0.1) is 0 Å². The van der Waals surface area contributed by atoms with Crippen LogP contribution in [0.4, 0.5) is 0 Å². The van der Waals surface area contributed by atoms with Gasteiger partial charge in [0.15, 0.2) is 0 Å². The summed E-state index contributed by atoms with van der Waals surface area (Å²) >= 11 is -4.86. The SMILES string of the molecule is CCC1=Cc2c(-c3ccc4ccccc4c3)cccc2[CH]1[Zr]([Cl])([Cl])([CH]1C(CC)=Cc2c(-c3ccc4ccccc4c3)cccc21)=[Si](C)C. The standard InChI is InChI=1S/2C21H17.C2H6Si.2ClH.Zr/c2*1-2-15-12-18-8-5-9-20(21(18)13-15)19-11-10-16-6-3-4-7-17(16)14-19;1-3-2;;;/h2*3-14H,2H2,1H3;1-2H3;2*1H;/q;;;;;+2/p-2. The Kier molecular flexibility index (Phi) is 8.12. The zero-order valence-corrected chi connectivity index (χ0v) is 33.0. The van der Waals surface area contributed by atoms with Crippen LogP contribution < -0.4 is 0 Å². The first-order chi connectivity index (χ1) is 23.2. The van der Waals surface area contributed by atoms with Gasteiger partial charge < -0.3 is 0 Å². The van der Waals surface area contributed by atoms with Gasteiger partial charge in [-0.3, -0.25) is 0 Å². The molecule has 0 saturated carbocycles. The van der Waals surface area contributed by atoms with E-state index in [1.807, 2.05) is 0 Å². The van der Waals surface area contributed by atoms with E-state index < -0.39 is 20.4 Å². The van der Waals surface area contributed by atoms with E-state index in [-0.39, 0.29) is 7.25 Å². The molecule has 0 aliphatic heterocycles. The first kappa shape index (κ1) is 32.2. The first-order valence-corrected chi connectivity index (χ1v) is 32.6. The summed E-state index contributed by atoms with van der Waals surface area (Å²) in [6, 6.07) is 44.6. The van der Waals surface area contributed by atoms with E-state index in [0.717, 1.165) is 12.8 Å². The summed E-state index contributed by atoms with van der Waals surface area (Å²) in [7, 11) is 17.3. The average molecular weight is 759 g/mol. The molecule has 2 aliphatic rings. The van der Waals surface area contributed by atoms with Crippen molar-refractivity contribution in [2.75, 3.05) is 0 Å². The third-order valence-corrected chi connectivity index (χ3v) is 57.8. The van der Waals surface area contributed by atoms with Crippen LogP contribution in [-0.2, 0) is 15.0 Å². The zero-order chi connectivity index (χ0) is 33.2. The molecule has 2 aliphatic carbocycles. The Balaban J connectivity index is 1.32. The van der Waals surface area contributed by atoms with Gasteiger partial charge in [-0.1, -0.05) is 0 Å². The number of benzene rings is 6. The minimum atomic E-state index is -4.86. The molecule has 0 radical (unpaired) electrons. The molecule has 2 unspecified atom stereocenters. The Hall–Kier alpha value is -3.00. The normalized spacial score (nSPS) is 17.3. The van der Waals surface area contributed by atoms with Gasteiger partial charge in [0.2, 0.25) is 0 Å². The molecule has 0 spiro atoms. The number of halogens is 2. The van der Waals surface area contributed by atoms with Crippen molar-refractivity contribution in [2.45, 2.75) is 47.0 Å². The minimum absolute atomic E-state index is 0.0780. The summed E-state index contributed by atoms with van der Waals surface area (Å²) in [5.74, 6) is 0. The van der Waals surface area contributed by atoms with E-state index in [9.17, 15) is 0 Å². The van der Waals surface area contributed by atoms with Crippen LogP contribution in [0.5, 0.6) is 0 Å². The van der Waals surface area contributed by atoms with Crippen LogP contribution in [0.15, 0.2) is 132 Å². The molecule has 0 amide bonds. The Labute approximate surface area is 292 Å². The van der Waals surface area contributed by atoms with E-state index >= 15 is 0 Å². The Morgan fingerprint density at radius 1 is 0.521 bits per heavy atom. The van der Waals surface area contributed by atoms with Crippen molar-refractivity contribution in [3.63, 3.8) is 0 Å². The molecule has 6 aromatic carbocycles. The Morgan fingerprint density at radius 2 is 0.938 bits per heavy atom. The quantitative estimate of drug-likeness (QED) is 0.148. The molecule has 0 fully saturated rings. The second-order valence-corrected chi connectivity index (χ2v) is 52.7. The van der Waals surface area contributed by atoms with Crippen molar-refractivity contribution in [3.8, 4) is 22.3 Å². The van der Waals surface area contributed by atoms with E-state index in [4.69, 9.17) is 17.0 Å². The van der Waals surface area contributed by atoms with Crippen LogP contribution in [0.25, 0.3) is 56.0 Å². The maximum atomic E-state index is 8.64. The van der Waals surface area contributed by atoms with Crippen molar-refractivity contribution < 1.29 is 15.0 Å². The molecule has 0 bridgehead atoms. The molecular weight excluding hydrogens is 719 g/mol. The molecule has 4 heteroatoms. The Bertz CT molecular complexity index is 2260. The molecule has 0 nitrogen and oxygen atoms in total. The van der Waals surface area contributed by atoms with Crippen LogP contribution >= 0.6 is 17.0 Å². The maximum absolute atomic E-state index is 8.64. The van der Waals surface area contributed by atoms with Crippen molar-refractivity contribution in [2.24, 2.45) is 0 Å². The summed E-state index contributed by atoms with van der Waals surface area (Å²) in [6.45, 7) is 9.40. The van der Waals surface area contributed by atoms with E-state index in [0.29, 0.717) is 0 Å². The summed E-state index contributed by atoms with van der Waals surface area (Å²) in [4.78, 5) is 0. The van der Waals surface area contributed by atoms with Gasteiger partial charge in [0, 0.05) is 0 Å². The van der Waals surface area contributed by atoms with E-state index in [1.54, 1.807) is 0 Å². The van der Waals surface area contributed by atoms with E-state index in [1.165, 1.54) is 77.2 Å². The van der Waals surface area contributed by atoms with Crippen LogP contribution in [0.3, 0.4) is 0 Å². The van der Waals surface area contributed by atoms with Crippen LogP contribution in [0, 0.1) is 0 Å². The molecule has 6 aromatic rings. The fourth-order valence-electron chi connectivity index (χ4n) is 8.75. The van der Waals surface area contributed by atoms with Gasteiger partial charge in [0.1, 0.15) is 0 Å². The second kappa shape index (κ2) is 12.1. The van der Waals surface area contributed by atoms with Crippen LogP contribution in [0.2, 0.25) is 13.1 Å². The number of hydrogen-bond acceptors (Lipinski definition) is 0. The van der Waals surface area contributed by atoms with Gasteiger partial charge in [0.05, 0.1) is 0 Å². The van der Waals surface area contributed by atoms with Crippen molar-refractivity contribution in [3.05, 3.63) is 155 Å². The summed E-state index contributed by atoms with van der Waals surface area (Å²) in [6.07, 6.45) is 6.81. The molecule has 0 aromatic heterocycles. The summed E-state index contributed by atoms with van der Waals surface area (Å²) < 4.78 is 0.156. The number of rotatable bonds is 6. The fraction of sp³-hybridized carbons (Fsp3) is 0.182. The van der Waals surface area contributed by atoms with Gasteiger partial charge in [-0.05, 0) is 0 Å². The van der Waals surface area contributed by atoms with Gasteiger partial charge in [-0.2, -0.15) is 0 Å². The number of fused-ring (bicyclic) bond motifs is 4. The molecule has 0 heterocycles. The predicted molar refractivity (Wildman–Crippen MR) is 210 cm³/mol. The molecule has 238 valence electrons. The molecular formula is C44H40Cl2SiZr. The van der Waals surface area contributed by atoms with Gasteiger partial charge in [0.25, 0.3) is 0 Å².